The molecule has 1 saturated heterocycles. The molecule has 0 radical (unpaired) electrons. The van der Waals surface area contributed by atoms with Crippen LogP contribution >= 0.6 is 24.8 Å². The molecule has 1 aromatic heterocycles. The topological polar surface area (TPSA) is 66.9 Å². The second-order valence-corrected chi connectivity index (χ2v) is 4.11. The summed E-state index contributed by atoms with van der Waals surface area (Å²) in [5.41, 5.74) is 1.20. The SMILES string of the molecule is Cc1cnc(C(=O)NCC2CCNC2)cn1.Cl.Cl. The van der Waals surface area contributed by atoms with Crippen molar-refractivity contribution >= 4 is 30.7 Å². The van der Waals surface area contributed by atoms with E-state index in [0.717, 1.165) is 25.2 Å². The highest BCUT2D eigenvalue weighted by Crippen LogP contribution is 2.05. The van der Waals surface area contributed by atoms with Gasteiger partial charge in [0.2, 0.25) is 0 Å². The van der Waals surface area contributed by atoms with Crippen LogP contribution in [-0.4, -0.2) is 35.5 Å². The number of aromatic nitrogens is 2. The second-order valence-electron chi connectivity index (χ2n) is 4.11. The molecule has 0 saturated carbocycles. The van der Waals surface area contributed by atoms with Gasteiger partial charge in [0.1, 0.15) is 5.69 Å². The summed E-state index contributed by atoms with van der Waals surface area (Å²) in [5, 5.41) is 6.14. The lowest BCUT2D eigenvalue weighted by Crippen LogP contribution is -2.30. The van der Waals surface area contributed by atoms with Crippen LogP contribution in [0, 0.1) is 12.8 Å². The predicted octanol–water partition coefficient (Wildman–Crippen LogP) is 0.968. The van der Waals surface area contributed by atoms with E-state index in [1.54, 1.807) is 6.20 Å². The van der Waals surface area contributed by atoms with Gasteiger partial charge >= 0.3 is 0 Å². The zero-order valence-electron chi connectivity index (χ0n) is 10.2. The highest BCUT2D eigenvalue weighted by Gasteiger charge is 2.16. The fourth-order valence-electron chi connectivity index (χ4n) is 1.73. The lowest BCUT2D eigenvalue weighted by molar-refractivity contribution is 0.0943. The first kappa shape index (κ1) is 17.1. The van der Waals surface area contributed by atoms with Gasteiger partial charge in [-0.2, -0.15) is 0 Å². The van der Waals surface area contributed by atoms with Crippen LogP contribution in [0.2, 0.25) is 0 Å². The molecule has 0 aliphatic carbocycles. The maximum atomic E-state index is 11.7. The zero-order valence-corrected chi connectivity index (χ0v) is 11.8. The number of amides is 1. The van der Waals surface area contributed by atoms with Crippen LogP contribution in [-0.2, 0) is 0 Å². The molecule has 2 rings (SSSR count). The quantitative estimate of drug-likeness (QED) is 0.871. The third-order valence-corrected chi connectivity index (χ3v) is 2.73. The van der Waals surface area contributed by atoms with Gasteiger partial charge in [-0.05, 0) is 32.4 Å². The van der Waals surface area contributed by atoms with E-state index in [0.29, 0.717) is 18.2 Å². The van der Waals surface area contributed by atoms with E-state index >= 15 is 0 Å². The van der Waals surface area contributed by atoms with Crippen molar-refractivity contribution in [2.24, 2.45) is 5.92 Å². The summed E-state index contributed by atoms with van der Waals surface area (Å²) in [7, 11) is 0. The van der Waals surface area contributed by atoms with E-state index in [9.17, 15) is 4.79 Å². The van der Waals surface area contributed by atoms with Crippen molar-refractivity contribution in [3.8, 4) is 0 Å². The van der Waals surface area contributed by atoms with Crippen LogP contribution in [0.4, 0.5) is 0 Å². The van der Waals surface area contributed by atoms with Gasteiger partial charge in [-0.15, -0.1) is 24.8 Å². The van der Waals surface area contributed by atoms with Gasteiger partial charge in [0, 0.05) is 12.7 Å². The standard InChI is InChI=1S/C11H16N4O.2ClH/c1-8-4-14-10(7-13-8)11(16)15-6-9-2-3-12-5-9;;/h4,7,9,12H,2-3,5-6H2,1H3,(H,15,16);2*1H. The maximum Gasteiger partial charge on any atom is 0.271 e. The Morgan fingerprint density at radius 2 is 2.22 bits per heavy atom. The normalized spacial score (nSPS) is 17.5. The van der Waals surface area contributed by atoms with E-state index in [1.807, 2.05) is 6.92 Å². The molecule has 5 nitrogen and oxygen atoms in total. The Balaban J connectivity index is 0.00000144. The summed E-state index contributed by atoms with van der Waals surface area (Å²) in [5.74, 6) is 0.404. The van der Waals surface area contributed by atoms with Gasteiger partial charge in [0.15, 0.2) is 0 Å². The van der Waals surface area contributed by atoms with Crippen LogP contribution in [0.25, 0.3) is 0 Å². The molecular formula is C11H18Cl2N4O. The number of hydrogen-bond acceptors (Lipinski definition) is 4. The Labute approximate surface area is 119 Å². The minimum atomic E-state index is -0.139. The van der Waals surface area contributed by atoms with Gasteiger partial charge < -0.3 is 10.6 Å². The third kappa shape index (κ3) is 4.76. The summed E-state index contributed by atoms with van der Waals surface area (Å²) in [6.07, 6.45) is 4.24. The van der Waals surface area contributed by atoms with Crippen LogP contribution in [0.5, 0.6) is 0 Å². The first-order chi connectivity index (χ1) is 7.75. The molecule has 0 bridgehead atoms. The lowest BCUT2D eigenvalue weighted by Gasteiger charge is -2.09. The molecule has 1 aromatic rings. The Morgan fingerprint density at radius 3 is 2.78 bits per heavy atom. The molecule has 1 aliphatic heterocycles. The Hall–Kier alpha value is -0.910. The molecular weight excluding hydrogens is 275 g/mol. The second kappa shape index (κ2) is 8.24. The predicted molar refractivity (Wildman–Crippen MR) is 74.6 cm³/mol. The molecule has 1 fully saturated rings. The summed E-state index contributed by atoms with van der Waals surface area (Å²) in [6, 6.07) is 0. The van der Waals surface area contributed by atoms with Crippen LogP contribution in [0.15, 0.2) is 12.4 Å². The molecule has 18 heavy (non-hydrogen) atoms. The van der Waals surface area contributed by atoms with E-state index in [2.05, 4.69) is 20.6 Å². The smallest absolute Gasteiger partial charge is 0.271 e. The van der Waals surface area contributed by atoms with Crippen LogP contribution < -0.4 is 10.6 Å². The van der Waals surface area contributed by atoms with E-state index in [4.69, 9.17) is 0 Å². The number of aryl methyl sites for hydroxylation is 1. The Bertz CT molecular complexity index is 366. The van der Waals surface area contributed by atoms with Crippen molar-refractivity contribution in [2.75, 3.05) is 19.6 Å². The Morgan fingerprint density at radius 1 is 1.44 bits per heavy atom. The monoisotopic (exact) mass is 292 g/mol. The highest BCUT2D eigenvalue weighted by molar-refractivity contribution is 5.91. The van der Waals surface area contributed by atoms with Gasteiger partial charge in [-0.25, -0.2) is 4.98 Å². The average Bonchev–Trinajstić information content (AvgIpc) is 2.80. The minimum Gasteiger partial charge on any atom is -0.350 e. The van der Waals surface area contributed by atoms with Crippen molar-refractivity contribution in [1.82, 2.24) is 20.6 Å². The molecule has 1 amide bonds. The number of nitrogens with zero attached hydrogens (tertiary/aromatic N) is 2. The molecule has 1 unspecified atom stereocenters. The Kier molecular flexibility index (Phi) is 7.82. The number of carbonyl (C=O) groups is 1. The van der Waals surface area contributed by atoms with Crippen molar-refractivity contribution in [2.45, 2.75) is 13.3 Å². The number of nitrogens with one attached hydrogen (secondary N) is 2. The summed E-state index contributed by atoms with van der Waals surface area (Å²) in [4.78, 5) is 19.8. The molecule has 0 spiro atoms. The maximum absolute atomic E-state index is 11.7. The van der Waals surface area contributed by atoms with Gasteiger partial charge in [0.05, 0.1) is 11.9 Å². The minimum absolute atomic E-state index is 0. The molecule has 0 aromatic carbocycles. The number of hydrogen-bond donors (Lipinski definition) is 2. The highest BCUT2D eigenvalue weighted by atomic mass is 35.5. The van der Waals surface area contributed by atoms with Gasteiger partial charge in [-0.1, -0.05) is 0 Å². The molecule has 2 heterocycles. The summed E-state index contributed by atoms with van der Waals surface area (Å²) >= 11 is 0. The van der Waals surface area contributed by atoms with Crippen molar-refractivity contribution < 1.29 is 4.79 Å². The van der Waals surface area contributed by atoms with E-state index < -0.39 is 0 Å². The van der Waals surface area contributed by atoms with Crippen molar-refractivity contribution in [1.29, 1.82) is 0 Å². The first-order valence-electron chi connectivity index (χ1n) is 5.53. The van der Waals surface area contributed by atoms with Crippen molar-refractivity contribution in [3.05, 3.63) is 23.8 Å². The fourth-order valence-corrected chi connectivity index (χ4v) is 1.73. The molecule has 2 N–H and O–H groups in total. The number of halogens is 2. The third-order valence-electron chi connectivity index (χ3n) is 2.73. The number of rotatable bonds is 3. The molecule has 1 atom stereocenters. The molecule has 102 valence electrons. The lowest BCUT2D eigenvalue weighted by atomic mass is 10.1. The first-order valence-corrected chi connectivity index (χ1v) is 5.53. The average molecular weight is 293 g/mol. The van der Waals surface area contributed by atoms with Gasteiger partial charge in [-0.3, -0.25) is 9.78 Å². The molecule has 1 aliphatic rings. The van der Waals surface area contributed by atoms with E-state index in [1.165, 1.54) is 6.20 Å². The zero-order chi connectivity index (χ0) is 11.4. The summed E-state index contributed by atoms with van der Waals surface area (Å²) in [6.45, 7) is 4.59. The van der Waals surface area contributed by atoms with Crippen LogP contribution in [0.1, 0.15) is 22.6 Å². The van der Waals surface area contributed by atoms with Crippen molar-refractivity contribution in [3.63, 3.8) is 0 Å². The van der Waals surface area contributed by atoms with E-state index in [-0.39, 0.29) is 30.7 Å². The fraction of sp³-hybridized carbons (Fsp3) is 0.545. The summed E-state index contributed by atoms with van der Waals surface area (Å²) < 4.78 is 0. The van der Waals surface area contributed by atoms with Crippen LogP contribution in [0.3, 0.4) is 0 Å². The van der Waals surface area contributed by atoms with Gasteiger partial charge in [0.25, 0.3) is 5.91 Å². The number of carbonyl (C=O) groups excluding carboxylic acids is 1. The molecule has 7 heteroatoms. The largest absolute Gasteiger partial charge is 0.350 e.